The molecule has 0 spiro atoms. The molecule has 0 fully saturated rings. The third-order valence-corrected chi connectivity index (χ3v) is 5.23. The highest BCUT2D eigenvalue weighted by atomic mass is 19.1. The molecule has 2 aromatic heterocycles. The molecule has 3 atom stereocenters. The molecule has 0 aliphatic carbocycles. The van der Waals surface area contributed by atoms with Crippen molar-refractivity contribution in [3.63, 3.8) is 0 Å². The largest absolute Gasteiger partial charge is 0.319 e. The number of halogens is 1. The molecule has 0 aliphatic heterocycles. The number of pyridine rings is 2. The number of carbonyl (C=O) groups is 1. The van der Waals surface area contributed by atoms with Crippen LogP contribution in [0.4, 0.5) is 10.1 Å². The summed E-state index contributed by atoms with van der Waals surface area (Å²) in [6.45, 7) is 10.5. The molecule has 0 aliphatic rings. The maximum atomic E-state index is 13.4. The summed E-state index contributed by atoms with van der Waals surface area (Å²) >= 11 is 0. The van der Waals surface area contributed by atoms with E-state index in [1.807, 2.05) is 6.07 Å². The molecule has 5 heteroatoms. The van der Waals surface area contributed by atoms with Crippen molar-refractivity contribution in [2.24, 2.45) is 11.8 Å². The van der Waals surface area contributed by atoms with Crippen LogP contribution in [-0.2, 0) is 0 Å². The first-order valence-electron chi connectivity index (χ1n) is 9.21. The Morgan fingerprint density at radius 2 is 1.92 bits per heavy atom. The molecule has 4 nitrogen and oxygen atoms in total. The number of nitrogens with one attached hydrogen (secondary N) is 1. The SMILES string of the molecule is CCC(C)C(C)CC(C)c1ccncc1NC(=O)c1ccc(F)c(C)n1. The first kappa shape index (κ1) is 20.0. The van der Waals surface area contributed by atoms with Gasteiger partial charge in [-0.3, -0.25) is 9.78 Å². The van der Waals surface area contributed by atoms with Gasteiger partial charge in [-0.25, -0.2) is 9.37 Å². The predicted molar refractivity (Wildman–Crippen MR) is 103 cm³/mol. The summed E-state index contributed by atoms with van der Waals surface area (Å²) in [6.07, 6.45) is 5.60. The summed E-state index contributed by atoms with van der Waals surface area (Å²) in [5, 5.41) is 2.88. The van der Waals surface area contributed by atoms with Gasteiger partial charge in [-0.2, -0.15) is 0 Å². The van der Waals surface area contributed by atoms with Gasteiger partial charge < -0.3 is 5.32 Å². The number of aromatic nitrogens is 2. The van der Waals surface area contributed by atoms with Crippen molar-refractivity contribution in [3.05, 3.63) is 53.4 Å². The summed E-state index contributed by atoms with van der Waals surface area (Å²) in [5.74, 6) is 0.762. The predicted octanol–water partition coefficient (Wildman–Crippen LogP) is 5.35. The third kappa shape index (κ3) is 4.87. The molecular formula is C21H28FN3O. The molecule has 2 heterocycles. The van der Waals surface area contributed by atoms with Crippen LogP contribution in [0, 0.1) is 24.6 Å². The zero-order chi connectivity index (χ0) is 19.3. The van der Waals surface area contributed by atoms with Crippen LogP contribution in [0.1, 0.15) is 68.2 Å². The van der Waals surface area contributed by atoms with Crippen molar-refractivity contribution >= 4 is 11.6 Å². The molecule has 0 bridgehead atoms. The minimum atomic E-state index is -0.420. The highest BCUT2D eigenvalue weighted by Crippen LogP contribution is 2.32. The molecule has 0 saturated heterocycles. The van der Waals surface area contributed by atoms with Crippen molar-refractivity contribution in [1.29, 1.82) is 0 Å². The van der Waals surface area contributed by atoms with Crippen LogP contribution in [0.3, 0.4) is 0 Å². The van der Waals surface area contributed by atoms with E-state index >= 15 is 0 Å². The van der Waals surface area contributed by atoms with E-state index in [1.54, 1.807) is 19.3 Å². The van der Waals surface area contributed by atoms with E-state index in [2.05, 4.69) is 43.0 Å². The van der Waals surface area contributed by atoms with Gasteiger partial charge in [0.05, 0.1) is 17.6 Å². The summed E-state index contributed by atoms with van der Waals surface area (Å²) in [7, 11) is 0. The van der Waals surface area contributed by atoms with Gasteiger partial charge >= 0.3 is 0 Å². The Labute approximate surface area is 155 Å². The molecule has 2 rings (SSSR count). The highest BCUT2D eigenvalue weighted by Gasteiger charge is 2.19. The normalized spacial score (nSPS) is 14.5. The average molecular weight is 357 g/mol. The second-order valence-electron chi connectivity index (χ2n) is 7.18. The Morgan fingerprint density at radius 3 is 2.58 bits per heavy atom. The molecule has 0 saturated carbocycles. The fourth-order valence-electron chi connectivity index (χ4n) is 3.12. The topological polar surface area (TPSA) is 54.9 Å². The molecule has 1 amide bonds. The number of hydrogen-bond acceptors (Lipinski definition) is 3. The third-order valence-electron chi connectivity index (χ3n) is 5.23. The lowest BCUT2D eigenvalue weighted by atomic mass is 9.83. The van der Waals surface area contributed by atoms with E-state index in [4.69, 9.17) is 0 Å². The van der Waals surface area contributed by atoms with E-state index in [-0.39, 0.29) is 17.3 Å². The van der Waals surface area contributed by atoms with Crippen LogP contribution >= 0.6 is 0 Å². The number of nitrogens with zero attached hydrogens (tertiary/aromatic N) is 2. The zero-order valence-electron chi connectivity index (χ0n) is 16.2. The van der Waals surface area contributed by atoms with Crippen LogP contribution in [0.15, 0.2) is 30.6 Å². The van der Waals surface area contributed by atoms with Crippen molar-refractivity contribution in [2.75, 3.05) is 5.32 Å². The summed E-state index contributed by atoms with van der Waals surface area (Å²) in [5.41, 5.74) is 2.15. The van der Waals surface area contributed by atoms with Gasteiger partial charge in [-0.15, -0.1) is 0 Å². The number of rotatable bonds is 7. The summed E-state index contributed by atoms with van der Waals surface area (Å²) in [6, 6.07) is 4.60. The number of anilines is 1. The van der Waals surface area contributed by atoms with E-state index in [9.17, 15) is 9.18 Å². The van der Waals surface area contributed by atoms with Crippen LogP contribution < -0.4 is 5.32 Å². The van der Waals surface area contributed by atoms with Crippen molar-refractivity contribution in [2.45, 2.75) is 53.4 Å². The standard InChI is InChI=1S/C21H28FN3O/c1-6-13(2)14(3)11-15(4)17-9-10-23-12-20(17)25-21(26)19-8-7-18(22)16(5)24-19/h7-10,12-15H,6,11H2,1-5H3,(H,25,26). The highest BCUT2D eigenvalue weighted by molar-refractivity contribution is 6.03. The lowest BCUT2D eigenvalue weighted by Gasteiger charge is -2.24. The molecular weight excluding hydrogens is 329 g/mol. The molecule has 2 aromatic rings. The summed E-state index contributed by atoms with van der Waals surface area (Å²) in [4.78, 5) is 20.7. The summed E-state index contributed by atoms with van der Waals surface area (Å²) < 4.78 is 13.4. The van der Waals surface area contributed by atoms with Gasteiger partial charge in [0.15, 0.2) is 0 Å². The van der Waals surface area contributed by atoms with Crippen LogP contribution in [0.5, 0.6) is 0 Å². The number of hydrogen-bond donors (Lipinski definition) is 1. The van der Waals surface area contributed by atoms with Gasteiger partial charge in [-0.1, -0.05) is 34.1 Å². The van der Waals surface area contributed by atoms with Crippen molar-refractivity contribution in [1.82, 2.24) is 9.97 Å². The molecule has 3 unspecified atom stereocenters. The molecule has 140 valence electrons. The van der Waals surface area contributed by atoms with Gasteiger partial charge in [0.25, 0.3) is 5.91 Å². The minimum absolute atomic E-state index is 0.194. The van der Waals surface area contributed by atoms with Crippen LogP contribution in [-0.4, -0.2) is 15.9 Å². The maximum absolute atomic E-state index is 13.4. The molecule has 1 N–H and O–H groups in total. The average Bonchev–Trinajstić information content (AvgIpc) is 2.63. The lowest BCUT2D eigenvalue weighted by molar-refractivity contribution is 0.102. The first-order valence-corrected chi connectivity index (χ1v) is 9.21. The molecule has 26 heavy (non-hydrogen) atoms. The van der Waals surface area contributed by atoms with E-state index in [0.717, 1.165) is 18.4 Å². The molecule has 0 aromatic carbocycles. The van der Waals surface area contributed by atoms with E-state index < -0.39 is 5.82 Å². The zero-order valence-corrected chi connectivity index (χ0v) is 16.2. The Morgan fingerprint density at radius 1 is 1.19 bits per heavy atom. The second-order valence-corrected chi connectivity index (χ2v) is 7.18. The maximum Gasteiger partial charge on any atom is 0.274 e. The molecule has 0 radical (unpaired) electrons. The van der Waals surface area contributed by atoms with E-state index in [1.165, 1.54) is 12.1 Å². The van der Waals surface area contributed by atoms with E-state index in [0.29, 0.717) is 23.4 Å². The first-order chi connectivity index (χ1) is 12.3. The smallest absolute Gasteiger partial charge is 0.274 e. The Kier molecular flexibility index (Phi) is 6.83. The van der Waals surface area contributed by atoms with Gasteiger partial charge in [-0.05, 0) is 54.9 Å². The van der Waals surface area contributed by atoms with Gasteiger partial charge in [0.1, 0.15) is 11.5 Å². The Bertz CT molecular complexity index is 763. The fraction of sp³-hybridized carbons (Fsp3) is 0.476. The van der Waals surface area contributed by atoms with Crippen molar-refractivity contribution in [3.8, 4) is 0 Å². The fourth-order valence-corrected chi connectivity index (χ4v) is 3.12. The van der Waals surface area contributed by atoms with Crippen molar-refractivity contribution < 1.29 is 9.18 Å². The number of amides is 1. The number of aryl methyl sites for hydroxylation is 1. The minimum Gasteiger partial charge on any atom is -0.319 e. The quantitative estimate of drug-likeness (QED) is 0.726. The number of carbonyl (C=O) groups excluding carboxylic acids is 1. The second kappa shape index (κ2) is 8.88. The Balaban J connectivity index is 2.17. The lowest BCUT2D eigenvalue weighted by Crippen LogP contribution is -2.17. The van der Waals surface area contributed by atoms with Crippen LogP contribution in [0.2, 0.25) is 0 Å². The van der Waals surface area contributed by atoms with Crippen LogP contribution in [0.25, 0.3) is 0 Å². The van der Waals surface area contributed by atoms with Gasteiger partial charge in [0.2, 0.25) is 0 Å². The monoisotopic (exact) mass is 357 g/mol. The Hall–Kier alpha value is -2.30. The van der Waals surface area contributed by atoms with Gasteiger partial charge in [0, 0.05) is 6.20 Å².